The van der Waals surface area contributed by atoms with Crippen LogP contribution in [0.1, 0.15) is 31.4 Å². The number of amides is 3. The Kier molecular flexibility index (Phi) is 13.0. The summed E-state index contributed by atoms with van der Waals surface area (Å²) in [4.78, 5) is 55.3. The molecule has 0 aliphatic rings. The SMILES string of the molecule is CSCCC(NC(=O)C(N)Cc1cnc[nH]1)C(=O)NC(CCCCN)C(=O)NCC(=O)O. The smallest absolute Gasteiger partial charge is 0.322 e. The molecular formula is C19H33N7O5S. The molecule has 0 spiro atoms. The van der Waals surface area contributed by atoms with Gasteiger partial charge in [-0.05, 0) is 44.2 Å². The van der Waals surface area contributed by atoms with E-state index >= 15 is 0 Å². The number of hydrogen-bond acceptors (Lipinski definition) is 8. The normalized spacial score (nSPS) is 13.6. The Morgan fingerprint density at radius 2 is 1.81 bits per heavy atom. The van der Waals surface area contributed by atoms with Crippen LogP contribution in [0.25, 0.3) is 0 Å². The van der Waals surface area contributed by atoms with Gasteiger partial charge in [-0.3, -0.25) is 19.2 Å². The number of hydrogen-bond donors (Lipinski definition) is 7. The van der Waals surface area contributed by atoms with E-state index in [1.807, 2.05) is 6.26 Å². The van der Waals surface area contributed by atoms with Crippen LogP contribution in [0.3, 0.4) is 0 Å². The molecule has 1 aromatic rings. The third-order valence-electron chi connectivity index (χ3n) is 4.57. The molecule has 0 saturated carbocycles. The van der Waals surface area contributed by atoms with Crippen molar-refractivity contribution in [2.75, 3.05) is 25.1 Å². The van der Waals surface area contributed by atoms with Crippen LogP contribution in [0.15, 0.2) is 12.5 Å². The van der Waals surface area contributed by atoms with Crippen molar-refractivity contribution in [3.05, 3.63) is 18.2 Å². The topological polar surface area (TPSA) is 205 Å². The number of thioether (sulfide) groups is 1. The van der Waals surface area contributed by atoms with E-state index in [0.717, 1.165) is 0 Å². The highest BCUT2D eigenvalue weighted by Crippen LogP contribution is 2.06. The number of nitrogens with two attached hydrogens (primary N) is 2. The van der Waals surface area contributed by atoms with Gasteiger partial charge in [-0.15, -0.1) is 0 Å². The van der Waals surface area contributed by atoms with Crippen molar-refractivity contribution < 1.29 is 24.3 Å². The monoisotopic (exact) mass is 471 g/mol. The van der Waals surface area contributed by atoms with Crippen LogP contribution in [-0.4, -0.2) is 82.0 Å². The molecule has 3 amide bonds. The maximum Gasteiger partial charge on any atom is 0.322 e. The molecule has 12 nitrogen and oxygen atoms in total. The largest absolute Gasteiger partial charge is 0.480 e. The fourth-order valence-electron chi connectivity index (χ4n) is 2.83. The summed E-state index contributed by atoms with van der Waals surface area (Å²) in [6.07, 6.45) is 6.98. The summed E-state index contributed by atoms with van der Waals surface area (Å²) in [6.45, 7) is -0.130. The molecule has 0 saturated heterocycles. The number of carbonyl (C=O) groups is 4. The van der Waals surface area contributed by atoms with E-state index in [1.165, 1.54) is 18.1 Å². The van der Waals surface area contributed by atoms with Crippen LogP contribution < -0.4 is 27.4 Å². The molecule has 0 aromatic carbocycles. The highest BCUT2D eigenvalue weighted by Gasteiger charge is 2.28. The third-order valence-corrected chi connectivity index (χ3v) is 5.21. The van der Waals surface area contributed by atoms with Gasteiger partial charge in [-0.1, -0.05) is 0 Å². The van der Waals surface area contributed by atoms with Gasteiger partial charge in [-0.2, -0.15) is 11.8 Å². The third kappa shape index (κ3) is 10.6. The molecular weight excluding hydrogens is 438 g/mol. The highest BCUT2D eigenvalue weighted by molar-refractivity contribution is 7.98. The van der Waals surface area contributed by atoms with Gasteiger partial charge in [0.25, 0.3) is 0 Å². The number of nitrogens with zero attached hydrogens (tertiary/aromatic N) is 1. The number of carbonyl (C=O) groups excluding carboxylic acids is 3. The first-order chi connectivity index (χ1) is 15.3. The molecule has 1 aromatic heterocycles. The van der Waals surface area contributed by atoms with Gasteiger partial charge in [0.2, 0.25) is 17.7 Å². The lowest BCUT2D eigenvalue weighted by Gasteiger charge is -2.24. The average molecular weight is 472 g/mol. The molecule has 180 valence electrons. The number of H-pyrrole nitrogens is 1. The summed E-state index contributed by atoms with van der Waals surface area (Å²) in [5.74, 6) is -2.25. The molecule has 0 bridgehead atoms. The molecule has 0 radical (unpaired) electrons. The first-order valence-corrected chi connectivity index (χ1v) is 11.7. The standard InChI is InChI=1S/C19H33N7O5S/c1-32-7-5-15(25-17(29)13(21)8-12-9-22-11-24-12)19(31)26-14(4-2-3-6-20)18(30)23-10-16(27)28/h9,11,13-15H,2-8,10,20-21H2,1H3,(H,22,24)(H,23,30)(H,25,29)(H,26,31)(H,27,28). The minimum Gasteiger partial charge on any atom is -0.480 e. The average Bonchev–Trinajstić information content (AvgIpc) is 3.26. The zero-order valence-corrected chi connectivity index (χ0v) is 19.0. The summed E-state index contributed by atoms with van der Waals surface area (Å²) in [5.41, 5.74) is 12.1. The van der Waals surface area contributed by atoms with E-state index in [0.29, 0.717) is 37.3 Å². The molecule has 9 N–H and O–H groups in total. The highest BCUT2D eigenvalue weighted by atomic mass is 32.2. The summed E-state index contributed by atoms with van der Waals surface area (Å²) in [7, 11) is 0. The first-order valence-electron chi connectivity index (χ1n) is 10.3. The first kappa shape index (κ1) is 27.4. The summed E-state index contributed by atoms with van der Waals surface area (Å²) < 4.78 is 0. The van der Waals surface area contributed by atoms with Crippen molar-refractivity contribution in [1.82, 2.24) is 25.9 Å². The van der Waals surface area contributed by atoms with Crippen LogP contribution in [0.4, 0.5) is 0 Å². The molecule has 0 aliphatic heterocycles. The van der Waals surface area contributed by atoms with Crippen LogP contribution in [0.2, 0.25) is 0 Å². The number of unbranched alkanes of at least 4 members (excludes halogenated alkanes) is 1. The Morgan fingerprint density at radius 1 is 1.12 bits per heavy atom. The maximum atomic E-state index is 12.9. The quantitative estimate of drug-likeness (QED) is 0.137. The number of aliphatic carboxylic acids is 1. The van der Waals surface area contributed by atoms with Crippen molar-refractivity contribution in [3.8, 4) is 0 Å². The fraction of sp³-hybridized carbons (Fsp3) is 0.632. The van der Waals surface area contributed by atoms with E-state index in [-0.39, 0.29) is 12.8 Å². The van der Waals surface area contributed by atoms with Gasteiger partial charge in [-0.25, -0.2) is 4.98 Å². The lowest BCUT2D eigenvalue weighted by atomic mass is 10.1. The summed E-state index contributed by atoms with van der Waals surface area (Å²) >= 11 is 1.51. The van der Waals surface area contributed by atoms with Crippen molar-refractivity contribution in [2.45, 2.75) is 50.2 Å². The van der Waals surface area contributed by atoms with E-state index in [4.69, 9.17) is 16.6 Å². The lowest BCUT2D eigenvalue weighted by Crippen LogP contribution is -2.56. The summed E-state index contributed by atoms with van der Waals surface area (Å²) in [6, 6.07) is -2.73. The Bertz CT molecular complexity index is 732. The van der Waals surface area contributed by atoms with E-state index in [1.54, 1.807) is 6.20 Å². The number of aromatic amines is 1. The Labute approximate surface area is 191 Å². The van der Waals surface area contributed by atoms with Gasteiger partial charge in [0, 0.05) is 18.3 Å². The van der Waals surface area contributed by atoms with E-state index in [9.17, 15) is 19.2 Å². The molecule has 1 heterocycles. The van der Waals surface area contributed by atoms with Gasteiger partial charge in [0.1, 0.15) is 18.6 Å². The minimum absolute atomic E-state index is 0.224. The second kappa shape index (κ2) is 15.2. The maximum absolute atomic E-state index is 12.9. The predicted octanol–water partition coefficient (Wildman–Crippen LogP) is -1.67. The predicted molar refractivity (Wildman–Crippen MR) is 121 cm³/mol. The second-order valence-electron chi connectivity index (χ2n) is 7.19. The van der Waals surface area contributed by atoms with Crippen molar-refractivity contribution in [1.29, 1.82) is 0 Å². The van der Waals surface area contributed by atoms with Crippen molar-refractivity contribution in [3.63, 3.8) is 0 Å². The minimum atomic E-state index is -1.19. The molecule has 13 heteroatoms. The number of aromatic nitrogens is 2. The van der Waals surface area contributed by atoms with Crippen LogP contribution in [0, 0.1) is 0 Å². The number of rotatable bonds is 16. The number of carboxylic acid groups (broad SMARTS) is 1. The molecule has 0 fully saturated rings. The van der Waals surface area contributed by atoms with Crippen LogP contribution in [0.5, 0.6) is 0 Å². The van der Waals surface area contributed by atoms with Gasteiger partial charge in [0.05, 0.1) is 12.4 Å². The van der Waals surface area contributed by atoms with Gasteiger partial charge < -0.3 is 37.5 Å². The molecule has 32 heavy (non-hydrogen) atoms. The Morgan fingerprint density at radius 3 is 2.41 bits per heavy atom. The number of nitrogens with one attached hydrogen (secondary N) is 4. The fourth-order valence-corrected chi connectivity index (χ4v) is 3.30. The molecule has 3 atom stereocenters. The Hall–Kier alpha value is -2.64. The van der Waals surface area contributed by atoms with Crippen LogP contribution in [-0.2, 0) is 25.6 Å². The number of imidazole rings is 1. The molecule has 3 unspecified atom stereocenters. The van der Waals surface area contributed by atoms with Crippen molar-refractivity contribution >= 4 is 35.5 Å². The number of carboxylic acids is 1. The lowest BCUT2D eigenvalue weighted by molar-refractivity contribution is -0.138. The van der Waals surface area contributed by atoms with E-state index in [2.05, 4.69) is 25.9 Å². The molecule has 1 rings (SSSR count). The van der Waals surface area contributed by atoms with Gasteiger partial charge in [0.15, 0.2) is 0 Å². The van der Waals surface area contributed by atoms with Gasteiger partial charge >= 0.3 is 5.97 Å². The van der Waals surface area contributed by atoms with E-state index < -0.39 is 48.4 Å². The van der Waals surface area contributed by atoms with Crippen LogP contribution >= 0.6 is 11.8 Å². The molecule has 0 aliphatic carbocycles. The Balaban J connectivity index is 2.80. The van der Waals surface area contributed by atoms with Crippen molar-refractivity contribution in [2.24, 2.45) is 11.5 Å². The zero-order chi connectivity index (χ0) is 23.9. The second-order valence-corrected chi connectivity index (χ2v) is 8.17. The zero-order valence-electron chi connectivity index (χ0n) is 18.1. The summed E-state index contributed by atoms with van der Waals surface area (Å²) in [5, 5.41) is 16.3.